The third kappa shape index (κ3) is 1.71. The van der Waals surface area contributed by atoms with Crippen molar-refractivity contribution >= 4 is 5.97 Å². The lowest BCUT2D eigenvalue weighted by atomic mass is 9.70. The Morgan fingerprint density at radius 2 is 1.89 bits per heavy atom. The molecule has 0 saturated heterocycles. The van der Waals surface area contributed by atoms with Gasteiger partial charge in [-0.25, -0.2) is 4.79 Å². The van der Waals surface area contributed by atoms with Crippen LogP contribution in [0.3, 0.4) is 0 Å². The van der Waals surface area contributed by atoms with Crippen molar-refractivity contribution in [2.45, 2.75) is 25.7 Å². The summed E-state index contributed by atoms with van der Waals surface area (Å²) >= 11 is 0. The zero-order valence-corrected chi connectivity index (χ0v) is 10.8. The van der Waals surface area contributed by atoms with Crippen LogP contribution >= 0.6 is 0 Å². The predicted molar refractivity (Wildman–Crippen MR) is 67.6 cm³/mol. The molecule has 0 amide bonds. The molecule has 6 unspecified atom stereocenters. The molecule has 3 aliphatic carbocycles. The van der Waals surface area contributed by atoms with E-state index in [1.54, 1.807) is 0 Å². The molecule has 0 aromatic carbocycles. The van der Waals surface area contributed by atoms with Crippen molar-refractivity contribution in [1.29, 1.82) is 0 Å². The van der Waals surface area contributed by atoms with Gasteiger partial charge in [0.25, 0.3) is 0 Å². The number of esters is 1. The molecule has 3 fully saturated rings. The minimum Gasteiger partial charge on any atom is -0.462 e. The van der Waals surface area contributed by atoms with Gasteiger partial charge < -0.3 is 9.84 Å². The van der Waals surface area contributed by atoms with E-state index in [0.717, 1.165) is 11.8 Å². The number of hydrogen-bond donors (Lipinski definition) is 1. The van der Waals surface area contributed by atoms with E-state index in [1.807, 2.05) is 0 Å². The number of rotatable bonds is 4. The van der Waals surface area contributed by atoms with Crippen molar-refractivity contribution < 1.29 is 14.6 Å². The highest BCUT2D eigenvalue weighted by Gasteiger charge is 2.58. The number of ether oxygens (including phenoxy) is 1. The third-order valence-corrected chi connectivity index (χ3v) is 5.71. The van der Waals surface area contributed by atoms with Crippen LogP contribution in [0, 0.1) is 35.5 Å². The lowest BCUT2D eigenvalue weighted by molar-refractivity contribution is -0.141. The molecule has 3 aliphatic rings. The molecule has 0 spiro atoms. The van der Waals surface area contributed by atoms with E-state index in [-0.39, 0.29) is 12.6 Å². The number of aliphatic hydroxyl groups excluding tert-OH is 1. The fourth-order valence-corrected chi connectivity index (χ4v) is 5.12. The quantitative estimate of drug-likeness (QED) is 0.613. The highest BCUT2D eigenvalue weighted by Crippen LogP contribution is 2.63. The molecule has 0 aromatic heterocycles. The maximum absolute atomic E-state index is 11.2. The first-order valence-corrected chi connectivity index (χ1v) is 7.16. The van der Waals surface area contributed by atoms with E-state index in [1.165, 1.54) is 31.8 Å². The predicted octanol–water partition coefficient (Wildman–Crippen LogP) is 2.01. The van der Waals surface area contributed by atoms with Gasteiger partial charge in [0.05, 0.1) is 6.61 Å². The van der Waals surface area contributed by atoms with E-state index in [0.29, 0.717) is 30.3 Å². The summed E-state index contributed by atoms with van der Waals surface area (Å²) < 4.78 is 5.24. The second-order valence-corrected chi connectivity index (χ2v) is 6.17. The number of aliphatic hydroxyl groups is 1. The molecule has 3 nitrogen and oxygen atoms in total. The lowest BCUT2D eigenvalue weighted by Crippen LogP contribution is -2.37. The van der Waals surface area contributed by atoms with E-state index < -0.39 is 0 Å². The number of hydrogen-bond acceptors (Lipinski definition) is 3. The molecule has 0 aromatic rings. The van der Waals surface area contributed by atoms with Crippen LogP contribution in [-0.4, -0.2) is 24.3 Å². The van der Waals surface area contributed by atoms with E-state index in [9.17, 15) is 9.90 Å². The van der Waals surface area contributed by atoms with Crippen molar-refractivity contribution in [2.75, 3.05) is 13.2 Å². The van der Waals surface area contributed by atoms with Crippen LogP contribution in [0.1, 0.15) is 25.7 Å². The van der Waals surface area contributed by atoms with Gasteiger partial charge >= 0.3 is 5.97 Å². The van der Waals surface area contributed by atoms with E-state index >= 15 is 0 Å². The molecule has 3 rings (SSSR count). The molecule has 0 heterocycles. The maximum atomic E-state index is 11.2. The molecule has 18 heavy (non-hydrogen) atoms. The normalized spacial score (nSPS) is 44.9. The molecule has 100 valence electrons. The topological polar surface area (TPSA) is 46.5 Å². The van der Waals surface area contributed by atoms with Crippen LogP contribution in [0.2, 0.25) is 0 Å². The summed E-state index contributed by atoms with van der Waals surface area (Å²) in [4.78, 5) is 11.2. The monoisotopic (exact) mass is 250 g/mol. The summed E-state index contributed by atoms with van der Waals surface area (Å²) in [6.07, 6.45) is 6.51. The minimum absolute atomic E-state index is 0.251. The summed E-state index contributed by atoms with van der Waals surface area (Å²) in [5, 5.41) is 9.64. The van der Waals surface area contributed by atoms with Gasteiger partial charge in [0.15, 0.2) is 0 Å². The summed E-state index contributed by atoms with van der Waals surface area (Å²) in [5.74, 6) is 3.44. The van der Waals surface area contributed by atoms with Crippen molar-refractivity contribution in [3.8, 4) is 0 Å². The summed E-state index contributed by atoms with van der Waals surface area (Å²) in [5.41, 5.74) is 0. The minimum atomic E-state index is -0.336. The third-order valence-electron chi connectivity index (χ3n) is 5.71. The van der Waals surface area contributed by atoms with Crippen molar-refractivity contribution in [2.24, 2.45) is 35.5 Å². The molecule has 0 radical (unpaired) electrons. The lowest BCUT2D eigenvalue weighted by Gasteiger charge is -2.37. The van der Waals surface area contributed by atoms with Gasteiger partial charge in [-0.2, -0.15) is 0 Å². The first kappa shape index (κ1) is 12.2. The van der Waals surface area contributed by atoms with Gasteiger partial charge in [-0.3, -0.25) is 0 Å². The zero-order valence-electron chi connectivity index (χ0n) is 10.8. The molecular weight excluding hydrogens is 228 g/mol. The highest BCUT2D eigenvalue weighted by molar-refractivity contribution is 5.81. The number of carbonyl (C=O) groups is 1. The second-order valence-electron chi connectivity index (χ2n) is 6.17. The number of carbonyl (C=O) groups excluding carboxylic acids is 1. The Labute approximate surface area is 108 Å². The largest absolute Gasteiger partial charge is 0.462 e. The Morgan fingerprint density at radius 3 is 2.50 bits per heavy atom. The van der Waals surface area contributed by atoms with Gasteiger partial charge in [-0.1, -0.05) is 13.0 Å². The van der Waals surface area contributed by atoms with Crippen molar-refractivity contribution in [3.63, 3.8) is 0 Å². The Morgan fingerprint density at radius 1 is 1.22 bits per heavy atom. The fourth-order valence-electron chi connectivity index (χ4n) is 5.12. The van der Waals surface area contributed by atoms with Crippen LogP contribution in [0.5, 0.6) is 0 Å². The molecule has 0 aliphatic heterocycles. The maximum Gasteiger partial charge on any atom is 0.330 e. The molecule has 2 bridgehead atoms. The standard InChI is InChI=1S/C15H22O3/c1-2-15(17)18-8-14-12-6-11(13(14)7-16)9-4-3-5-10(9)12/h2,9-14,16H,1,3-8H2. The number of fused-ring (bicyclic) bond motifs is 5. The van der Waals surface area contributed by atoms with Crippen molar-refractivity contribution in [1.82, 2.24) is 0 Å². The first-order valence-electron chi connectivity index (χ1n) is 7.16. The second kappa shape index (κ2) is 4.69. The van der Waals surface area contributed by atoms with Gasteiger partial charge in [0, 0.05) is 18.6 Å². The van der Waals surface area contributed by atoms with Crippen LogP contribution < -0.4 is 0 Å². The van der Waals surface area contributed by atoms with Crippen LogP contribution in [0.4, 0.5) is 0 Å². The Hall–Kier alpha value is -0.830. The average molecular weight is 250 g/mol. The molecular formula is C15H22O3. The van der Waals surface area contributed by atoms with Gasteiger partial charge in [0.2, 0.25) is 0 Å². The van der Waals surface area contributed by atoms with Gasteiger partial charge in [-0.05, 0) is 48.9 Å². The van der Waals surface area contributed by atoms with Crippen molar-refractivity contribution in [3.05, 3.63) is 12.7 Å². The Bertz CT molecular complexity index is 352. The smallest absolute Gasteiger partial charge is 0.330 e. The average Bonchev–Trinajstić information content (AvgIpc) is 3.05. The SMILES string of the molecule is C=CC(=O)OCC1C(CO)C2CC1C1CCCC12. The van der Waals surface area contributed by atoms with E-state index in [4.69, 9.17) is 4.74 Å². The molecule has 1 N–H and O–H groups in total. The first-order chi connectivity index (χ1) is 8.76. The Kier molecular flexibility index (Phi) is 3.18. The van der Waals surface area contributed by atoms with Gasteiger partial charge in [-0.15, -0.1) is 0 Å². The van der Waals surface area contributed by atoms with Crippen LogP contribution in [0.25, 0.3) is 0 Å². The van der Waals surface area contributed by atoms with Gasteiger partial charge in [0.1, 0.15) is 0 Å². The van der Waals surface area contributed by atoms with E-state index in [2.05, 4.69) is 6.58 Å². The molecule has 6 atom stereocenters. The highest BCUT2D eigenvalue weighted by atomic mass is 16.5. The summed E-state index contributed by atoms with van der Waals surface area (Å²) in [6, 6.07) is 0. The molecule has 3 saturated carbocycles. The molecule has 3 heteroatoms. The fraction of sp³-hybridized carbons (Fsp3) is 0.800. The summed E-state index contributed by atoms with van der Waals surface area (Å²) in [6.45, 7) is 4.15. The Balaban J connectivity index is 1.70. The zero-order chi connectivity index (χ0) is 12.7. The van der Waals surface area contributed by atoms with Crippen LogP contribution in [-0.2, 0) is 9.53 Å². The summed E-state index contributed by atoms with van der Waals surface area (Å²) in [7, 11) is 0. The van der Waals surface area contributed by atoms with Crippen LogP contribution in [0.15, 0.2) is 12.7 Å².